The predicted molar refractivity (Wildman–Crippen MR) is 34.9 cm³/mol. The minimum Gasteiger partial charge on any atom is -0.386 e. The van der Waals surface area contributed by atoms with E-state index in [9.17, 15) is 0 Å². The average molecular weight is 165 g/mol. The largest absolute Gasteiger partial charge is 0.386 e. The maximum absolute atomic E-state index is 6.88. The fourth-order valence-electron chi connectivity index (χ4n) is 0. The monoisotopic (exact) mass is 164 g/mol. The molecule has 0 rings (SSSR count). The number of nitrogens with two attached hydrogens (primary N) is 1. The van der Waals surface area contributed by atoms with Crippen LogP contribution in [-0.4, -0.2) is 10.2 Å². The van der Waals surface area contributed by atoms with Crippen molar-refractivity contribution in [1.82, 2.24) is 0 Å². The Morgan fingerprint density at radius 1 is 1.71 bits per heavy atom. The Morgan fingerprint density at radius 2 is 1.86 bits per heavy atom. The van der Waals surface area contributed by atoms with E-state index in [1.54, 1.807) is 0 Å². The van der Waals surface area contributed by atoms with Crippen molar-refractivity contribution < 1.29 is 0 Å². The lowest BCUT2D eigenvalue weighted by Crippen LogP contribution is -2.30. The van der Waals surface area contributed by atoms with Crippen LogP contribution in [0.1, 0.15) is 13.8 Å². The molecule has 0 aliphatic rings. The number of hydrogen-bond acceptors (Lipinski definition) is 1. The zero-order valence-electron chi connectivity index (χ0n) is 4.46. The van der Waals surface area contributed by atoms with Crippen molar-refractivity contribution in [2.45, 2.75) is 18.2 Å². The van der Waals surface area contributed by atoms with E-state index >= 15 is 0 Å². The van der Waals surface area contributed by atoms with E-state index in [0.717, 1.165) is 0 Å². The highest BCUT2D eigenvalue weighted by atomic mass is 79.9. The van der Waals surface area contributed by atoms with Crippen molar-refractivity contribution in [2.24, 2.45) is 5.73 Å². The number of hydrogen-bond donors (Lipinski definition) is 2. The van der Waals surface area contributed by atoms with E-state index in [0.29, 0.717) is 0 Å². The number of rotatable bonds is 1. The predicted octanol–water partition coefficient (Wildman–Crippen LogP) is 1.10. The van der Waals surface area contributed by atoms with Gasteiger partial charge in [0.15, 0.2) is 0 Å². The molecular formula is C4H9BrN2. The van der Waals surface area contributed by atoms with E-state index in [4.69, 9.17) is 11.1 Å². The molecule has 0 bridgehead atoms. The third-order valence-corrected chi connectivity index (χ3v) is 1.07. The molecule has 0 heterocycles. The Bertz CT molecular complexity index is 82.2. The first-order valence-corrected chi connectivity index (χ1v) is 2.77. The van der Waals surface area contributed by atoms with Gasteiger partial charge in [-0.05, 0) is 13.8 Å². The fourth-order valence-corrected chi connectivity index (χ4v) is 0. The first kappa shape index (κ1) is 6.95. The average Bonchev–Trinajstić information content (AvgIpc) is 1.31. The first-order valence-electron chi connectivity index (χ1n) is 1.98. The maximum Gasteiger partial charge on any atom is 0.107 e. The molecular weight excluding hydrogens is 156 g/mol. The molecule has 0 saturated heterocycles. The summed E-state index contributed by atoms with van der Waals surface area (Å²) in [5.41, 5.74) is 5.11. The summed E-state index contributed by atoms with van der Waals surface area (Å²) in [6.07, 6.45) is 0. The van der Waals surface area contributed by atoms with E-state index in [2.05, 4.69) is 15.9 Å². The first-order chi connectivity index (χ1) is 2.94. The van der Waals surface area contributed by atoms with Crippen molar-refractivity contribution in [2.75, 3.05) is 0 Å². The molecule has 0 aromatic heterocycles. The zero-order chi connectivity index (χ0) is 6.08. The summed E-state index contributed by atoms with van der Waals surface area (Å²) in [6.45, 7) is 3.66. The third-order valence-electron chi connectivity index (χ3n) is 0.640. The van der Waals surface area contributed by atoms with Crippen LogP contribution in [0.4, 0.5) is 0 Å². The molecule has 0 radical (unpaired) electrons. The van der Waals surface area contributed by atoms with Crippen LogP contribution >= 0.6 is 15.9 Å². The van der Waals surface area contributed by atoms with E-state index in [-0.39, 0.29) is 10.2 Å². The van der Waals surface area contributed by atoms with Crippen LogP contribution in [0, 0.1) is 5.41 Å². The summed E-state index contributed by atoms with van der Waals surface area (Å²) in [4.78, 5) is 0. The van der Waals surface area contributed by atoms with Crippen molar-refractivity contribution in [3.05, 3.63) is 0 Å². The molecule has 0 aromatic carbocycles. The van der Waals surface area contributed by atoms with Crippen molar-refractivity contribution in [3.63, 3.8) is 0 Å². The molecule has 0 fully saturated rings. The molecule has 2 nitrogen and oxygen atoms in total. The summed E-state index contributed by atoms with van der Waals surface area (Å²) >= 11 is 3.19. The molecule has 0 atom stereocenters. The lowest BCUT2D eigenvalue weighted by atomic mass is 10.2. The van der Waals surface area contributed by atoms with E-state index in [1.165, 1.54) is 0 Å². The smallest absolute Gasteiger partial charge is 0.107 e. The standard InChI is InChI=1S/C4H9BrN2/c1-4(2,5)3(6)7/h1-2H3,(H3,6,7). The molecule has 0 aliphatic heterocycles. The molecule has 0 amide bonds. The van der Waals surface area contributed by atoms with Crippen LogP contribution in [0.5, 0.6) is 0 Å². The second-order valence-corrected chi connectivity index (χ2v) is 3.87. The molecule has 0 spiro atoms. The highest BCUT2D eigenvalue weighted by molar-refractivity contribution is 9.10. The third kappa shape index (κ3) is 2.62. The molecule has 0 aliphatic carbocycles. The van der Waals surface area contributed by atoms with Crippen LogP contribution in [0.3, 0.4) is 0 Å². The lowest BCUT2D eigenvalue weighted by molar-refractivity contribution is 0.948. The quantitative estimate of drug-likeness (QED) is 0.341. The van der Waals surface area contributed by atoms with Gasteiger partial charge in [0.25, 0.3) is 0 Å². The minimum atomic E-state index is -0.326. The van der Waals surface area contributed by atoms with Gasteiger partial charge in [0.05, 0.1) is 4.32 Å². The second-order valence-electron chi connectivity index (χ2n) is 1.89. The van der Waals surface area contributed by atoms with Gasteiger partial charge < -0.3 is 5.73 Å². The molecule has 0 aromatic rings. The highest BCUT2D eigenvalue weighted by Gasteiger charge is 2.14. The maximum atomic E-state index is 6.88. The number of nitrogens with one attached hydrogen (secondary N) is 1. The number of amidine groups is 1. The minimum absolute atomic E-state index is 0.160. The summed E-state index contributed by atoms with van der Waals surface area (Å²) in [6, 6.07) is 0. The molecule has 42 valence electrons. The zero-order valence-corrected chi connectivity index (χ0v) is 6.04. The van der Waals surface area contributed by atoms with Gasteiger partial charge in [-0.2, -0.15) is 0 Å². The Morgan fingerprint density at radius 3 is 1.86 bits per heavy atom. The summed E-state index contributed by atoms with van der Waals surface area (Å²) in [5.74, 6) is 0.160. The Balaban J connectivity index is 3.79. The normalized spacial score (nSPS) is 11.3. The Hall–Kier alpha value is -0.0500. The molecule has 0 saturated carbocycles. The Kier molecular flexibility index (Phi) is 1.81. The topological polar surface area (TPSA) is 49.9 Å². The van der Waals surface area contributed by atoms with Gasteiger partial charge in [-0.15, -0.1) is 0 Å². The number of alkyl halides is 1. The van der Waals surface area contributed by atoms with E-state index < -0.39 is 0 Å². The molecule has 3 N–H and O–H groups in total. The van der Waals surface area contributed by atoms with Gasteiger partial charge >= 0.3 is 0 Å². The Labute approximate surface area is 51.7 Å². The van der Waals surface area contributed by atoms with Gasteiger partial charge in [0.2, 0.25) is 0 Å². The van der Waals surface area contributed by atoms with Crippen LogP contribution < -0.4 is 5.73 Å². The van der Waals surface area contributed by atoms with Gasteiger partial charge in [0, 0.05) is 0 Å². The molecule has 0 unspecified atom stereocenters. The lowest BCUT2D eigenvalue weighted by Gasteiger charge is -2.11. The van der Waals surface area contributed by atoms with Crippen molar-refractivity contribution in [1.29, 1.82) is 5.41 Å². The molecule has 3 heteroatoms. The van der Waals surface area contributed by atoms with Gasteiger partial charge in [-0.1, -0.05) is 15.9 Å². The van der Waals surface area contributed by atoms with Crippen LogP contribution in [0.25, 0.3) is 0 Å². The van der Waals surface area contributed by atoms with Gasteiger partial charge in [-0.3, -0.25) is 5.41 Å². The molecule has 7 heavy (non-hydrogen) atoms. The fraction of sp³-hybridized carbons (Fsp3) is 0.750. The number of halogens is 1. The summed E-state index contributed by atoms with van der Waals surface area (Å²) < 4.78 is -0.326. The van der Waals surface area contributed by atoms with E-state index in [1.807, 2.05) is 13.8 Å². The highest BCUT2D eigenvalue weighted by Crippen LogP contribution is 2.13. The van der Waals surface area contributed by atoms with Gasteiger partial charge in [0.1, 0.15) is 5.84 Å². The summed E-state index contributed by atoms with van der Waals surface area (Å²) in [7, 11) is 0. The summed E-state index contributed by atoms with van der Waals surface area (Å²) in [5, 5.41) is 6.88. The SMILES string of the molecule is CC(C)(Br)C(=N)N. The van der Waals surface area contributed by atoms with Crippen LogP contribution in [0.15, 0.2) is 0 Å². The van der Waals surface area contributed by atoms with Crippen molar-refractivity contribution in [3.8, 4) is 0 Å². The van der Waals surface area contributed by atoms with Crippen LogP contribution in [-0.2, 0) is 0 Å². The van der Waals surface area contributed by atoms with Gasteiger partial charge in [-0.25, -0.2) is 0 Å². The van der Waals surface area contributed by atoms with Crippen LogP contribution in [0.2, 0.25) is 0 Å². The van der Waals surface area contributed by atoms with Crippen molar-refractivity contribution >= 4 is 21.8 Å². The second kappa shape index (κ2) is 1.82.